The first-order valence-corrected chi connectivity index (χ1v) is 3.10. The number of hydrogen-bond acceptors (Lipinski definition) is 3. The Kier molecular flexibility index (Phi) is 2.49. The zero-order valence-electron chi connectivity index (χ0n) is 5.78. The Balaban J connectivity index is 2.63. The molecule has 0 spiro atoms. The highest BCUT2D eigenvalue weighted by molar-refractivity contribution is 5.39. The van der Waals surface area contributed by atoms with Crippen molar-refractivity contribution in [1.29, 1.82) is 0 Å². The topological polar surface area (TPSA) is 46.5 Å². The van der Waals surface area contributed by atoms with Crippen LogP contribution >= 0.6 is 0 Å². The summed E-state index contributed by atoms with van der Waals surface area (Å²) in [6.07, 6.45) is 0. The summed E-state index contributed by atoms with van der Waals surface area (Å²) < 4.78 is 4.36. The molecule has 3 heteroatoms. The normalized spacial score (nSPS) is 9.09. The minimum absolute atomic E-state index is 0.151. The zero-order valence-corrected chi connectivity index (χ0v) is 5.78. The van der Waals surface area contributed by atoms with Gasteiger partial charge in [-0.25, -0.2) is 4.79 Å². The van der Waals surface area contributed by atoms with Crippen LogP contribution in [0.2, 0.25) is 0 Å². The van der Waals surface area contributed by atoms with Gasteiger partial charge in [-0.1, -0.05) is 12.1 Å². The maximum absolute atomic E-state index is 9.65. The van der Waals surface area contributed by atoms with Gasteiger partial charge >= 0.3 is 6.47 Å². The van der Waals surface area contributed by atoms with Gasteiger partial charge in [0.2, 0.25) is 0 Å². The first kappa shape index (κ1) is 7.60. The Bertz CT molecular complexity index is 245. The number of phenolic OH excluding ortho intramolecular Hbond substituents is 1. The van der Waals surface area contributed by atoms with Crippen molar-refractivity contribution in [1.82, 2.24) is 0 Å². The second-order valence-corrected chi connectivity index (χ2v) is 2.04. The average Bonchev–Trinajstić information content (AvgIpc) is 2.01. The van der Waals surface area contributed by atoms with E-state index in [1.54, 1.807) is 18.2 Å². The lowest BCUT2D eigenvalue weighted by molar-refractivity contribution is 0.266. The second kappa shape index (κ2) is 3.61. The molecule has 1 rings (SSSR count). The largest absolute Gasteiger partial charge is 0.508 e. The van der Waals surface area contributed by atoms with Crippen LogP contribution in [-0.2, 0) is 16.1 Å². The molecule has 0 saturated carbocycles. The molecule has 0 saturated heterocycles. The van der Waals surface area contributed by atoms with Crippen LogP contribution in [0, 0.1) is 0 Å². The number of benzene rings is 1. The number of aromatic hydroxyl groups is 1. The Labute approximate surface area is 64.2 Å². The summed E-state index contributed by atoms with van der Waals surface area (Å²) in [6, 6.07) is 6.50. The Morgan fingerprint density at radius 1 is 1.55 bits per heavy atom. The SMILES string of the molecule is O=[C]OCc1cccc(O)c1. The first-order chi connectivity index (χ1) is 5.33. The van der Waals surface area contributed by atoms with E-state index >= 15 is 0 Å². The van der Waals surface area contributed by atoms with Crippen LogP contribution in [-0.4, -0.2) is 11.6 Å². The quantitative estimate of drug-likeness (QED) is 0.700. The van der Waals surface area contributed by atoms with Gasteiger partial charge in [-0.05, 0) is 17.7 Å². The van der Waals surface area contributed by atoms with Crippen molar-refractivity contribution < 1.29 is 14.6 Å². The number of hydrogen-bond donors (Lipinski definition) is 1. The molecule has 0 heterocycles. The first-order valence-electron chi connectivity index (χ1n) is 3.10. The van der Waals surface area contributed by atoms with E-state index in [4.69, 9.17) is 5.11 Å². The smallest absolute Gasteiger partial charge is 0.417 e. The molecule has 57 valence electrons. The van der Waals surface area contributed by atoms with Gasteiger partial charge in [0.05, 0.1) is 0 Å². The molecule has 0 aliphatic carbocycles. The van der Waals surface area contributed by atoms with E-state index in [0.717, 1.165) is 5.56 Å². The number of rotatable bonds is 3. The van der Waals surface area contributed by atoms with Crippen molar-refractivity contribution in [2.75, 3.05) is 0 Å². The molecular formula is C8H7O3. The summed E-state index contributed by atoms with van der Waals surface area (Å²) in [4.78, 5) is 9.65. The van der Waals surface area contributed by atoms with Crippen LogP contribution in [0.1, 0.15) is 5.56 Å². The molecule has 0 amide bonds. The predicted molar refractivity (Wildman–Crippen MR) is 38.6 cm³/mol. The minimum Gasteiger partial charge on any atom is -0.508 e. The fourth-order valence-electron chi connectivity index (χ4n) is 0.759. The summed E-state index contributed by atoms with van der Waals surface area (Å²) in [6.45, 7) is 1.45. The van der Waals surface area contributed by atoms with Crippen LogP contribution in [0.4, 0.5) is 0 Å². The Hall–Kier alpha value is -1.51. The lowest BCUT2D eigenvalue weighted by atomic mass is 10.2. The maximum atomic E-state index is 9.65. The van der Waals surface area contributed by atoms with Crippen molar-refractivity contribution in [3.63, 3.8) is 0 Å². The van der Waals surface area contributed by atoms with Crippen molar-refractivity contribution in [3.05, 3.63) is 29.8 Å². The molecule has 0 atom stereocenters. The van der Waals surface area contributed by atoms with E-state index in [9.17, 15) is 4.79 Å². The van der Waals surface area contributed by atoms with E-state index in [2.05, 4.69) is 4.74 Å². The van der Waals surface area contributed by atoms with E-state index < -0.39 is 0 Å². The molecule has 1 N–H and O–H groups in total. The lowest BCUT2D eigenvalue weighted by Crippen LogP contribution is -1.88. The van der Waals surface area contributed by atoms with E-state index in [1.807, 2.05) is 0 Å². The summed E-state index contributed by atoms with van der Waals surface area (Å²) in [5, 5.41) is 8.96. The van der Waals surface area contributed by atoms with E-state index in [1.165, 1.54) is 12.5 Å². The molecule has 0 unspecified atom stereocenters. The van der Waals surface area contributed by atoms with Gasteiger partial charge in [0.25, 0.3) is 0 Å². The Morgan fingerprint density at radius 3 is 3.00 bits per heavy atom. The number of ether oxygens (including phenoxy) is 1. The van der Waals surface area contributed by atoms with Gasteiger partial charge in [-0.15, -0.1) is 0 Å². The van der Waals surface area contributed by atoms with E-state index in [-0.39, 0.29) is 12.4 Å². The molecule has 0 aliphatic rings. The third-order valence-corrected chi connectivity index (χ3v) is 1.21. The molecule has 0 aromatic heterocycles. The van der Waals surface area contributed by atoms with Crippen LogP contribution in [0.5, 0.6) is 5.75 Å². The summed E-state index contributed by atoms with van der Waals surface area (Å²) in [7, 11) is 0. The van der Waals surface area contributed by atoms with Gasteiger partial charge in [-0.2, -0.15) is 0 Å². The maximum Gasteiger partial charge on any atom is 0.417 e. The third-order valence-electron chi connectivity index (χ3n) is 1.21. The van der Waals surface area contributed by atoms with Crippen molar-refractivity contribution >= 4 is 6.47 Å². The lowest BCUT2D eigenvalue weighted by Gasteiger charge is -1.97. The van der Waals surface area contributed by atoms with Gasteiger partial charge in [0.15, 0.2) is 0 Å². The summed E-state index contributed by atoms with van der Waals surface area (Å²) in [5.41, 5.74) is 0.744. The van der Waals surface area contributed by atoms with Gasteiger partial charge in [-0.3, -0.25) is 0 Å². The molecule has 0 bridgehead atoms. The van der Waals surface area contributed by atoms with Gasteiger partial charge in [0, 0.05) is 0 Å². The molecule has 11 heavy (non-hydrogen) atoms. The molecule has 1 aromatic carbocycles. The molecule has 1 aromatic rings. The third kappa shape index (κ3) is 2.29. The minimum atomic E-state index is 0.151. The molecule has 0 fully saturated rings. The molecule has 1 radical (unpaired) electrons. The highest BCUT2D eigenvalue weighted by Crippen LogP contribution is 2.10. The average molecular weight is 151 g/mol. The van der Waals surface area contributed by atoms with Crippen LogP contribution in [0.25, 0.3) is 0 Å². The van der Waals surface area contributed by atoms with Crippen LogP contribution < -0.4 is 0 Å². The molecule has 3 nitrogen and oxygen atoms in total. The zero-order chi connectivity index (χ0) is 8.10. The van der Waals surface area contributed by atoms with Gasteiger partial charge < -0.3 is 9.84 Å². The number of phenols is 1. The number of carbonyl (C=O) groups excluding carboxylic acids is 1. The van der Waals surface area contributed by atoms with Crippen molar-refractivity contribution in [2.45, 2.75) is 6.61 Å². The highest BCUT2D eigenvalue weighted by Gasteiger charge is 1.93. The van der Waals surface area contributed by atoms with Crippen molar-refractivity contribution in [2.24, 2.45) is 0 Å². The highest BCUT2D eigenvalue weighted by atomic mass is 16.5. The van der Waals surface area contributed by atoms with Crippen LogP contribution in [0.3, 0.4) is 0 Å². The monoisotopic (exact) mass is 151 g/mol. The fourth-order valence-corrected chi connectivity index (χ4v) is 0.759. The Morgan fingerprint density at radius 2 is 2.36 bits per heavy atom. The molecular weight excluding hydrogens is 144 g/mol. The predicted octanol–water partition coefficient (Wildman–Crippen LogP) is 0.976. The second-order valence-electron chi connectivity index (χ2n) is 2.04. The van der Waals surface area contributed by atoms with Crippen LogP contribution in [0.15, 0.2) is 24.3 Å². The standard InChI is InChI=1S/C8H7O3/c9-6-11-5-7-2-1-3-8(10)4-7/h1-4,10H,5H2. The summed E-state index contributed by atoms with van der Waals surface area (Å²) in [5.74, 6) is 0.164. The molecule has 0 aliphatic heterocycles. The van der Waals surface area contributed by atoms with E-state index in [0.29, 0.717) is 0 Å². The fraction of sp³-hybridized carbons (Fsp3) is 0.125. The van der Waals surface area contributed by atoms with Gasteiger partial charge in [0.1, 0.15) is 12.4 Å². The van der Waals surface area contributed by atoms with Crippen molar-refractivity contribution in [3.8, 4) is 5.75 Å². The summed E-state index contributed by atoms with van der Waals surface area (Å²) >= 11 is 0.